The van der Waals surface area contributed by atoms with Crippen molar-refractivity contribution < 1.29 is 24.2 Å². The maximum Gasteiger partial charge on any atom is 0.306 e. The largest absolute Gasteiger partial charge is 0.466 e. The standard InChI is InChI=1S/C49H89NO5/c1-4-7-10-12-16-22-32-47(33-23-17-13-11-8-5-2)55-49(53)35-25-19-15-21-28-41-50(42-43-51)40-27-20-14-18-24-34-48(52)54-44-29-26-31-46-38-36-45(37-39-46)30-9-6-3/h36-39,47,51H,4-35,40-44H2,1-3H3. The Morgan fingerprint density at radius 2 is 0.945 bits per heavy atom. The molecule has 6 nitrogen and oxygen atoms in total. The number of carbonyl (C=O) groups is 2. The molecule has 0 unspecified atom stereocenters. The number of ether oxygens (including phenoxy) is 2. The molecule has 0 bridgehead atoms. The zero-order chi connectivity index (χ0) is 39.9. The van der Waals surface area contributed by atoms with E-state index >= 15 is 0 Å². The summed E-state index contributed by atoms with van der Waals surface area (Å²) in [6, 6.07) is 9.00. The number of carbonyl (C=O) groups excluding carboxylic acids is 2. The van der Waals surface area contributed by atoms with Crippen molar-refractivity contribution in [2.24, 2.45) is 0 Å². The van der Waals surface area contributed by atoms with Crippen LogP contribution in [0.3, 0.4) is 0 Å². The van der Waals surface area contributed by atoms with Gasteiger partial charge in [-0.1, -0.05) is 154 Å². The first-order valence-corrected chi connectivity index (χ1v) is 23.8. The third-order valence-electron chi connectivity index (χ3n) is 11.1. The van der Waals surface area contributed by atoms with Gasteiger partial charge in [-0.3, -0.25) is 9.59 Å². The van der Waals surface area contributed by atoms with Gasteiger partial charge in [0.05, 0.1) is 13.2 Å². The fraction of sp³-hybridized carbons (Fsp3) is 0.837. The van der Waals surface area contributed by atoms with Crippen LogP contribution in [-0.4, -0.2) is 60.9 Å². The number of aliphatic hydroxyl groups is 1. The average molecular weight is 772 g/mol. The van der Waals surface area contributed by atoms with Gasteiger partial charge in [0.15, 0.2) is 0 Å². The number of unbranched alkanes of at least 4 members (excludes halogenated alkanes) is 20. The summed E-state index contributed by atoms with van der Waals surface area (Å²) in [5.41, 5.74) is 2.79. The van der Waals surface area contributed by atoms with Crippen molar-refractivity contribution in [1.82, 2.24) is 4.90 Å². The molecule has 6 heteroatoms. The highest BCUT2D eigenvalue weighted by Crippen LogP contribution is 2.19. The fourth-order valence-corrected chi connectivity index (χ4v) is 7.50. The van der Waals surface area contributed by atoms with Crippen molar-refractivity contribution in [3.05, 3.63) is 35.4 Å². The Balaban J connectivity index is 2.07. The summed E-state index contributed by atoms with van der Waals surface area (Å²) in [5, 5.41) is 9.58. The van der Waals surface area contributed by atoms with Crippen LogP contribution in [-0.2, 0) is 31.9 Å². The van der Waals surface area contributed by atoms with Crippen LogP contribution in [0.4, 0.5) is 0 Å². The molecule has 320 valence electrons. The molecule has 1 aromatic rings. The predicted octanol–water partition coefficient (Wildman–Crippen LogP) is 13.3. The smallest absolute Gasteiger partial charge is 0.306 e. The summed E-state index contributed by atoms with van der Waals surface area (Å²) in [7, 11) is 0. The van der Waals surface area contributed by atoms with Crippen LogP contribution in [0, 0.1) is 0 Å². The Kier molecular flexibility index (Phi) is 36.2. The van der Waals surface area contributed by atoms with Crippen molar-refractivity contribution in [3.63, 3.8) is 0 Å². The third-order valence-corrected chi connectivity index (χ3v) is 11.1. The first kappa shape index (κ1) is 51.1. The van der Waals surface area contributed by atoms with E-state index in [1.807, 2.05) is 0 Å². The molecule has 0 aromatic heterocycles. The number of hydrogen-bond donors (Lipinski definition) is 1. The molecule has 0 aliphatic carbocycles. The summed E-state index contributed by atoms with van der Waals surface area (Å²) in [6.45, 7) is 10.3. The summed E-state index contributed by atoms with van der Waals surface area (Å²) in [5.74, 6) is -0.0439. The summed E-state index contributed by atoms with van der Waals surface area (Å²) >= 11 is 0. The van der Waals surface area contributed by atoms with Gasteiger partial charge in [0.25, 0.3) is 0 Å². The second kappa shape index (κ2) is 38.9. The monoisotopic (exact) mass is 772 g/mol. The van der Waals surface area contributed by atoms with Crippen LogP contribution in [0.5, 0.6) is 0 Å². The van der Waals surface area contributed by atoms with E-state index in [1.165, 1.54) is 114 Å². The third kappa shape index (κ3) is 32.8. The normalized spacial score (nSPS) is 11.5. The highest BCUT2D eigenvalue weighted by molar-refractivity contribution is 5.69. The highest BCUT2D eigenvalue weighted by Gasteiger charge is 2.14. The van der Waals surface area contributed by atoms with Crippen molar-refractivity contribution in [2.75, 3.05) is 32.8 Å². The molecule has 0 saturated heterocycles. The molecule has 1 aromatic carbocycles. The van der Waals surface area contributed by atoms with E-state index in [0.717, 1.165) is 110 Å². The minimum atomic E-state index is -0.0550. The lowest BCUT2D eigenvalue weighted by Crippen LogP contribution is -2.29. The van der Waals surface area contributed by atoms with E-state index in [4.69, 9.17) is 9.47 Å². The zero-order valence-corrected chi connectivity index (χ0v) is 36.6. The van der Waals surface area contributed by atoms with Gasteiger partial charge in [-0.15, -0.1) is 0 Å². The van der Waals surface area contributed by atoms with Gasteiger partial charge in [0.2, 0.25) is 0 Å². The van der Waals surface area contributed by atoms with E-state index in [2.05, 4.69) is 49.9 Å². The number of aliphatic hydroxyl groups excluding tert-OH is 1. The molecule has 0 atom stereocenters. The fourth-order valence-electron chi connectivity index (χ4n) is 7.50. The lowest BCUT2D eigenvalue weighted by atomic mass is 10.0. The van der Waals surface area contributed by atoms with E-state index < -0.39 is 0 Å². The molecule has 55 heavy (non-hydrogen) atoms. The van der Waals surface area contributed by atoms with Crippen LogP contribution in [0.25, 0.3) is 0 Å². The Hall–Kier alpha value is -1.92. The van der Waals surface area contributed by atoms with Gasteiger partial charge < -0.3 is 19.5 Å². The molecule has 0 saturated carbocycles. The zero-order valence-electron chi connectivity index (χ0n) is 36.6. The molecular weight excluding hydrogens is 683 g/mol. The van der Waals surface area contributed by atoms with Crippen LogP contribution >= 0.6 is 0 Å². The number of benzene rings is 1. The summed E-state index contributed by atoms with van der Waals surface area (Å²) in [4.78, 5) is 27.3. The van der Waals surface area contributed by atoms with Crippen molar-refractivity contribution in [2.45, 2.75) is 232 Å². The van der Waals surface area contributed by atoms with Crippen molar-refractivity contribution in [3.8, 4) is 0 Å². The van der Waals surface area contributed by atoms with Gasteiger partial charge in [0, 0.05) is 19.4 Å². The SMILES string of the molecule is CCCCCCCCC(CCCCCCCC)OC(=O)CCCCCCCN(CCO)CCCCCCCC(=O)OCCCCc1ccc(CCCC)cc1. The van der Waals surface area contributed by atoms with Crippen LogP contribution in [0.15, 0.2) is 24.3 Å². The Bertz CT molecular complexity index is 966. The second-order valence-electron chi connectivity index (χ2n) is 16.4. The van der Waals surface area contributed by atoms with E-state index in [0.29, 0.717) is 19.4 Å². The summed E-state index contributed by atoms with van der Waals surface area (Å²) in [6.07, 6.45) is 36.1. The van der Waals surface area contributed by atoms with Gasteiger partial charge in [-0.25, -0.2) is 0 Å². The van der Waals surface area contributed by atoms with E-state index in [9.17, 15) is 14.7 Å². The van der Waals surface area contributed by atoms with Gasteiger partial charge in [0.1, 0.15) is 6.10 Å². The molecule has 0 radical (unpaired) electrons. The minimum absolute atomic E-state index is 0.0111. The maximum atomic E-state index is 12.7. The quantitative estimate of drug-likeness (QED) is 0.0528. The molecule has 0 heterocycles. The molecular formula is C49H89NO5. The summed E-state index contributed by atoms with van der Waals surface area (Å²) < 4.78 is 11.5. The lowest BCUT2D eigenvalue weighted by Gasteiger charge is -2.21. The van der Waals surface area contributed by atoms with Crippen molar-refractivity contribution in [1.29, 1.82) is 0 Å². The Labute approximate surface area is 340 Å². The number of aryl methyl sites for hydroxylation is 2. The topological polar surface area (TPSA) is 76.1 Å². The lowest BCUT2D eigenvalue weighted by molar-refractivity contribution is -0.150. The highest BCUT2D eigenvalue weighted by atomic mass is 16.5. The molecule has 0 aliphatic heterocycles. The Morgan fingerprint density at radius 3 is 1.45 bits per heavy atom. The van der Waals surface area contributed by atoms with E-state index in [1.54, 1.807) is 0 Å². The molecule has 0 fully saturated rings. The van der Waals surface area contributed by atoms with Gasteiger partial charge >= 0.3 is 11.9 Å². The van der Waals surface area contributed by atoms with Gasteiger partial charge in [-0.2, -0.15) is 0 Å². The van der Waals surface area contributed by atoms with Crippen molar-refractivity contribution >= 4 is 11.9 Å². The molecule has 1 N–H and O–H groups in total. The molecule has 0 amide bonds. The molecule has 0 aliphatic rings. The maximum absolute atomic E-state index is 12.7. The number of esters is 2. The molecule has 1 rings (SSSR count). The van der Waals surface area contributed by atoms with Crippen LogP contribution in [0.1, 0.15) is 225 Å². The van der Waals surface area contributed by atoms with Crippen LogP contribution < -0.4 is 0 Å². The van der Waals surface area contributed by atoms with E-state index in [-0.39, 0.29) is 24.6 Å². The first-order chi connectivity index (χ1) is 27.0. The number of rotatable bonds is 41. The second-order valence-corrected chi connectivity index (χ2v) is 16.4. The average Bonchev–Trinajstić information content (AvgIpc) is 3.19. The van der Waals surface area contributed by atoms with Gasteiger partial charge in [-0.05, 0) is 108 Å². The minimum Gasteiger partial charge on any atom is -0.466 e. The number of nitrogens with zero attached hydrogens (tertiary/aromatic N) is 1. The predicted molar refractivity (Wildman–Crippen MR) is 234 cm³/mol. The molecule has 0 spiro atoms. The first-order valence-electron chi connectivity index (χ1n) is 23.8. The van der Waals surface area contributed by atoms with Crippen LogP contribution in [0.2, 0.25) is 0 Å². The number of hydrogen-bond acceptors (Lipinski definition) is 6. The Morgan fingerprint density at radius 1 is 0.509 bits per heavy atom.